The molecular weight excluding hydrogens is 268 g/mol. The first kappa shape index (κ1) is 14.1. The minimum Gasteiger partial charge on any atom is -0.355 e. The van der Waals surface area contributed by atoms with E-state index in [4.69, 9.17) is 0 Å². The Morgan fingerprint density at radius 1 is 1.50 bits per heavy atom. The quantitative estimate of drug-likeness (QED) is 0.899. The molecule has 0 aromatic carbocycles. The van der Waals surface area contributed by atoms with E-state index in [2.05, 4.69) is 29.0 Å². The summed E-state index contributed by atoms with van der Waals surface area (Å²) in [5, 5.41) is 8.75. The molecule has 20 heavy (non-hydrogen) atoms. The van der Waals surface area contributed by atoms with Gasteiger partial charge in [-0.15, -0.1) is 11.3 Å². The van der Waals surface area contributed by atoms with E-state index in [0.29, 0.717) is 0 Å². The Kier molecular flexibility index (Phi) is 4.13. The Hall–Kier alpha value is -0.870. The van der Waals surface area contributed by atoms with Crippen LogP contribution in [-0.2, 0) is 11.2 Å². The van der Waals surface area contributed by atoms with Gasteiger partial charge in [0.1, 0.15) is 0 Å². The van der Waals surface area contributed by atoms with Crippen molar-refractivity contribution in [3.63, 3.8) is 0 Å². The third-order valence-corrected chi connectivity index (χ3v) is 5.86. The molecule has 2 N–H and O–H groups in total. The molecule has 0 saturated carbocycles. The lowest BCUT2D eigenvalue weighted by atomic mass is 9.80. The predicted molar refractivity (Wildman–Crippen MR) is 83.2 cm³/mol. The van der Waals surface area contributed by atoms with E-state index >= 15 is 0 Å². The number of piperidine rings is 1. The van der Waals surface area contributed by atoms with Crippen molar-refractivity contribution in [2.45, 2.75) is 44.9 Å². The zero-order chi connectivity index (χ0) is 14.0. The van der Waals surface area contributed by atoms with Crippen LogP contribution in [0.1, 0.15) is 49.0 Å². The van der Waals surface area contributed by atoms with Crippen molar-refractivity contribution < 1.29 is 4.79 Å². The molecule has 1 aliphatic carbocycles. The number of thiophene rings is 1. The number of carbonyl (C=O) groups is 1. The van der Waals surface area contributed by atoms with Gasteiger partial charge in [-0.3, -0.25) is 4.79 Å². The summed E-state index contributed by atoms with van der Waals surface area (Å²) in [6, 6.07) is 2.15. The molecule has 2 heterocycles. The van der Waals surface area contributed by atoms with Gasteiger partial charge < -0.3 is 10.6 Å². The highest BCUT2D eigenvalue weighted by Crippen LogP contribution is 2.35. The van der Waals surface area contributed by atoms with Crippen LogP contribution in [0.5, 0.6) is 0 Å². The van der Waals surface area contributed by atoms with Crippen LogP contribution in [0.25, 0.3) is 0 Å². The predicted octanol–water partition coefficient (Wildman–Crippen LogP) is 2.67. The Morgan fingerprint density at radius 3 is 3.10 bits per heavy atom. The normalized spacial score (nSPS) is 24.9. The van der Waals surface area contributed by atoms with E-state index in [1.165, 1.54) is 10.4 Å². The van der Waals surface area contributed by atoms with Crippen molar-refractivity contribution >= 4 is 17.2 Å². The molecule has 110 valence electrons. The molecule has 1 saturated heterocycles. The van der Waals surface area contributed by atoms with E-state index in [9.17, 15) is 4.79 Å². The van der Waals surface area contributed by atoms with Crippen LogP contribution in [0.2, 0.25) is 0 Å². The van der Waals surface area contributed by atoms with Crippen LogP contribution in [0.4, 0.5) is 0 Å². The maximum atomic E-state index is 12.5. The fourth-order valence-corrected chi connectivity index (χ4v) is 4.38. The Balaban J connectivity index is 1.60. The topological polar surface area (TPSA) is 41.1 Å². The number of aryl methyl sites for hydroxylation is 1. The minimum absolute atomic E-state index is 0.0929. The third kappa shape index (κ3) is 2.91. The number of hydrogen-bond donors (Lipinski definition) is 2. The van der Waals surface area contributed by atoms with E-state index in [-0.39, 0.29) is 17.2 Å². The lowest BCUT2D eigenvalue weighted by Crippen LogP contribution is -2.44. The van der Waals surface area contributed by atoms with Crippen molar-refractivity contribution in [3.8, 4) is 0 Å². The van der Waals surface area contributed by atoms with Crippen LogP contribution in [0.3, 0.4) is 0 Å². The Bertz CT molecular complexity index is 477. The van der Waals surface area contributed by atoms with Gasteiger partial charge in [-0.05, 0) is 67.6 Å². The maximum Gasteiger partial charge on any atom is 0.227 e. The van der Waals surface area contributed by atoms with E-state index in [1.807, 2.05) is 0 Å². The molecular formula is C16H24N2OS. The summed E-state index contributed by atoms with van der Waals surface area (Å²) in [6.07, 6.45) is 5.62. The SMILES string of the molecule is CC1(CNC(=O)C2CCCc3sccc32)CCNCC1. The van der Waals surface area contributed by atoms with Crippen LogP contribution in [-0.4, -0.2) is 25.5 Å². The molecule has 1 fully saturated rings. The highest BCUT2D eigenvalue weighted by molar-refractivity contribution is 7.10. The smallest absolute Gasteiger partial charge is 0.227 e. The van der Waals surface area contributed by atoms with Gasteiger partial charge in [0.2, 0.25) is 5.91 Å². The fraction of sp³-hybridized carbons (Fsp3) is 0.688. The molecule has 3 nitrogen and oxygen atoms in total. The van der Waals surface area contributed by atoms with Crippen LogP contribution in [0.15, 0.2) is 11.4 Å². The van der Waals surface area contributed by atoms with Gasteiger partial charge in [0, 0.05) is 11.4 Å². The zero-order valence-corrected chi connectivity index (χ0v) is 13.0. The number of nitrogens with one attached hydrogen (secondary N) is 2. The first-order chi connectivity index (χ1) is 9.68. The van der Waals surface area contributed by atoms with Gasteiger partial charge in [-0.2, -0.15) is 0 Å². The molecule has 1 aliphatic heterocycles. The van der Waals surface area contributed by atoms with Crippen LogP contribution in [0, 0.1) is 5.41 Å². The van der Waals surface area contributed by atoms with Crippen molar-refractivity contribution in [2.75, 3.05) is 19.6 Å². The Morgan fingerprint density at radius 2 is 2.30 bits per heavy atom. The second-order valence-corrected chi connectivity index (χ2v) is 7.52. The lowest BCUT2D eigenvalue weighted by Gasteiger charge is -2.34. The molecule has 0 spiro atoms. The van der Waals surface area contributed by atoms with E-state index in [0.717, 1.165) is 51.7 Å². The van der Waals surface area contributed by atoms with Gasteiger partial charge in [0.05, 0.1) is 5.92 Å². The molecule has 0 bridgehead atoms. The van der Waals surface area contributed by atoms with Crippen molar-refractivity contribution in [3.05, 3.63) is 21.9 Å². The molecule has 1 amide bonds. The van der Waals surface area contributed by atoms with Gasteiger partial charge in [-0.25, -0.2) is 0 Å². The maximum absolute atomic E-state index is 12.5. The summed E-state index contributed by atoms with van der Waals surface area (Å²) in [5.41, 5.74) is 1.56. The number of amides is 1. The summed E-state index contributed by atoms with van der Waals surface area (Å²) in [6.45, 7) is 5.27. The largest absolute Gasteiger partial charge is 0.355 e. The fourth-order valence-electron chi connectivity index (χ4n) is 3.39. The van der Waals surface area contributed by atoms with Crippen molar-refractivity contribution in [2.24, 2.45) is 5.41 Å². The van der Waals surface area contributed by atoms with Gasteiger partial charge >= 0.3 is 0 Å². The molecule has 1 unspecified atom stereocenters. The lowest BCUT2D eigenvalue weighted by molar-refractivity contribution is -0.123. The standard InChI is InChI=1S/C16H24N2OS/c1-16(6-8-17-9-7-16)11-18-15(19)13-3-2-4-14-12(13)5-10-20-14/h5,10,13,17H,2-4,6-9,11H2,1H3,(H,18,19). The number of hydrogen-bond acceptors (Lipinski definition) is 3. The van der Waals surface area contributed by atoms with Crippen molar-refractivity contribution in [1.29, 1.82) is 0 Å². The first-order valence-electron chi connectivity index (χ1n) is 7.73. The molecule has 1 atom stereocenters. The molecule has 2 aliphatic rings. The molecule has 1 aromatic rings. The van der Waals surface area contributed by atoms with Crippen molar-refractivity contribution in [1.82, 2.24) is 10.6 Å². The van der Waals surface area contributed by atoms with Crippen LogP contribution < -0.4 is 10.6 Å². The molecule has 4 heteroatoms. The second kappa shape index (κ2) is 5.86. The summed E-state index contributed by atoms with van der Waals surface area (Å²) < 4.78 is 0. The number of fused-ring (bicyclic) bond motifs is 1. The third-order valence-electron chi connectivity index (χ3n) is 4.87. The Labute approximate surface area is 125 Å². The minimum atomic E-state index is 0.0929. The summed E-state index contributed by atoms with van der Waals surface area (Å²) in [7, 11) is 0. The average molecular weight is 292 g/mol. The molecule has 0 radical (unpaired) electrons. The second-order valence-electron chi connectivity index (χ2n) is 6.52. The van der Waals surface area contributed by atoms with Gasteiger partial charge in [-0.1, -0.05) is 6.92 Å². The first-order valence-corrected chi connectivity index (χ1v) is 8.61. The monoisotopic (exact) mass is 292 g/mol. The van der Waals surface area contributed by atoms with E-state index in [1.54, 1.807) is 11.3 Å². The molecule has 1 aromatic heterocycles. The van der Waals surface area contributed by atoms with Gasteiger partial charge in [0.25, 0.3) is 0 Å². The summed E-state index contributed by atoms with van der Waals surface area (Å²) in [5.74, 6) is 0.333. The van der Waals surface area contributed by atoms with E-state index < -0.39 is 0 Å². The van der Waals surface area contributed by atoms with Crippen LogP contribution >= 0.6 is 11.3 Å². The summed E-state index contributed by atoms with van der Waals surface area (Å²) in [4.78, 5) is 13.9. The highest BCUT2D eigenvalue weighted by Gasteiger charge is 2.31. The van der Waals surface area contributed by atoms with Gasteiger partial charge in [0.15, 0.2) is 0 Å². The average Bonchev–Trinajstić information content (AvgIpc) is 2.94. The highest BCUT2D eigenvalue weighted by atomic mass is 32.1. The molecule has 3 rings (SSSR count). The number of carbonyl (C=O) groups excluding carboxylic acids is 1. The number of rotatable bonds is 3. The summed E-state index contributed by atoms with van der Waals surface area (Å²) >= 11 is 1.80. The zero-order valence-electron chi connectivity index (χ0n) is 12.2.